The summed E-state index contributed by atoms with van der Waals surface area (Å²) in [5.41, 5.74) is 0.487. The maximum atomic E-state index is 11.3. The van der Waals surface area contributed by atoms with Crippen LogP contribution in [0.3, 0.4) is 0 Å². The molecular weight excluding hydrogens is 192 g/mol. The van der Waals surface area contributed by atoms with Crippen LogP contribution in [0.1, 0.15) is 30.6 Å². The summed E-state index contributed by atoms with van der Waals surface area (Å²) < 4.78 is 6.54. The summed E-state index contributed by atoms with van der Waals surface area (Å²) in [4.78, 5) is 11.3. The van der Waals surface area contributed by atoms with Gasteiger partial charge >= 0.3 is 5.97 Å². The lowest BCUT2D eigenvalue weighted by Gasteiger charge is -1.97. The fraction of sp³-hybridized carbons (Fsp3) is 0.455. The van der Waals surface area contributed by atoms with E-state index >= 15 is 0 Å². The Hall–Kier alpha value is -1.76. The van der Waals surface area contributed by atoms with Gasteiger partial charge in [-0.25, -0.2) is 4.79 Å². The average molecular weight is 206 g/mol. The molecule has 0 fully saturated rings. The molecule has 4 nitrogen and oxygen atoms in total. The molecule has 0 aliphatic rings. The molecule has 1 aromatic heterocycles. The molecule has 0 N–H and O–H groups in total. The van der Waals surface area contributed by atoms with Crippen LogP contribution in [-0.2, 0) is 11.3 Å². The van der Waals surface area contributed by atoms with Crippen LogP contribution in [0.4, 0.5) is 0 Å². The van der Waals surface area contributed by atoms with Gasteiger partial charge in [-0.2, -0.15) is 5.10 Å². The van der Waals surface area contributed by atoms with E-state index in [4.69, 9.17) is 4.74 Å². The number of nitrogens with zero attached hydrogens (tertiary/aromatic N) is 2. The first kappa shape index (κ1) is 11.3. The van der Waals surface area contributed by atoms with Gasteiger partial charge in [-0.15, -0.1) is 11.8 Å². The van der Waals surface area contributed by atoms with Crippen molar-refractivity contribution in [1.82, 2.24) is 9.78 Å². The molecule has 1 rings (SSSR count). The van der Waals surface area contributed by atoms with Crippen LogP contribution in [0.25, 0.3) is 0 Å². The SMILES string of the molecule is CC#CCCn1cc(C(=O)OCC)cn1. The summed E-state index contributed by atoms with van der Waals surface area (Å²) in [7, 11) is 0. The molecule has 0 spiro atoms. The average Bonchev–Trinajstić information content (AvgIpc) is 2.67. The number of aromatic nitrogens is 2. The molecular formula is C11H14N2O2. The molecule has 1 aromatic rings. The van der Waals surface area contributed by atoms with Crippen LogP contribution >= 0.6 is 0 Å². The first-order valence-corrected chi connectivity index (χ1v) is 4.87. The number of aryl methyl sites for hydroxylation is 1. The normalized spacial score (nSPS) is 9.20. The van der Waals surface area contributed by atoms with Gasteiger partial charge in [0.25, 0.3) is 0 Å². The van der Waals surface area contributed by atoms with E-state index in [0.29, 0.717) is 18.7 Å². The van der Waals surface area contributed by atoms with Crippen molar-refractivity contribution in [2.45, 2.75) is 26.8 Å². The van der Waals surface area contributed by atoms with Gasteiger partial charge in [0.1, 0.15) is 0 Å². The molecule has 0 saturated heterocycles. The zero-order chi connectivity index (χ0) is 11.1. The van der Waals surface area contributed by atoms with Crippen LogP contribution in [0.5, 0.6) is 0 Å². The maximum Gasteiger partial charge on any atom is 0.341 e. The van der Waals surface area contributed by atoms with Gasteiger partial charge < -0.3 is 4.74 Å². The molecule has 0 aliphatic carbocycles. The van der Waals surface area contributed by atoms with E-state index in [-0.39, 0.29) is 5.97 Å². The second kappa shape index (κ2) is 5.86. The summed E-state index contributed by atoms with van der Waals surface area (Å²) in [6.45, 7) is 4.65. The molecule has 0 bridgehead atoms. The van der Waals surface area contributed by atoms with Crippen LogP contribution < -0.4 is 0 Å². The molecule has 0 unspecified atom stereocenters. The van der Waals surface area contributed by atoms with E-state index in [1.54, 1.807) is 24.7 Å². The highest BCUT2D eigenvalue weighted by molar-refractivity contribution is 5.88. The first-order valence-electron chi connectivity index (χ1n) is 4.87. The Morgan fingerprint density at radius 2 is 2.47 bits per heavy atom. The number of esters is 1. The van der Waals surface area contributed by atoms with Crippen LogP contribution in [0.2, 0.25) is 0 Å². The molecule has 15 heavy (non-hydrogen) atoms. The van der Waals surface area contributed by atoms with Crippen molar-refractivity contribution in [1.29, 1.82) is 0 Å². The molecule has 0 atom stereocenters. The highest BCUT2D eigenvalue weighted by atomic mass is 16.5. The highest BCUT2D eigenvalue weighted by Gasteiger charge is 2.08. The molecule has 1 heterocycles. The van der Waals surface area contributed by atoms with Gasteiger partial charge in [0.15, 0.2) is 0 Å². The Morgan fingerprint density at radius 3 is 3.13 bits per heavy atom. The van der Waals surface area contributed by atoms with Gasteiger partial charge in [0.2, 0.25) is 0 Å². The van der Waals surface area contributed by atoms with Crippen molar-refractivity contribution in [3.05, 3.63) is 18.0 Å². The Morgan fingerprint density at radius 1 is 1.67 bits per heavy atom. The summed E-state index contributed by atoms with van der Waals surface area (Å²) in [5, 5.41) is 4.04. The topological polar surface area (TPSA) is 44.1 Å². The second-order valence-corrected chi connectivity index (χ2v) is 2.89. The van der Waals surface area contributed by atoms with E-state index in [0.717, 1.165) is 6.42 Å². The summed E-state index contributed by atoms with van der Waals surface area (Å²) in [6, 6.07) is 0. The summed E-state index contributed by atoms with van der Waals surface area (Å²) in [6.07, 6.45) is 3.92. The summed E-state index contributed by atoms with van der Waals surface area (Å²) in [5.74, 6) is 5.41. The van der Waals surface area contributed by atoms with E-state index in [1.165, 1.54) is 6.20 Å². The number of carbonyl (C=O) groups is 1. The minimum atomic E-state index is -0.328. The zero-order valence-corrected chi connectivity index (χ0v) is 8.99. The lowest BCUT2D eigenvalue weighted by molar-refractivity contribution is 0.0526. The third kappa shape index (κ3) is 3.47. The number of hydrogen-bond donors (Lipinski definition) is 0. The Bertz CT molecular complexity index is 385. The standard InChI is InChI=1S/C11H14N2O2/c1-3-5-6-7-13-9-10(8-12-13)11(14)15-4-2/h8-9H,4,6-7H2,1-2H3. The Labute approximate surface area is 89.2 Å². The smallest absolute Gasteiger partial charge is 0.341 e. The van der Waals surface area contributed by atoms with Crippen LogP contribution in [0.15, 0.2) is 12.4 Å². The van der Waals surface area contributed by atoms with Crippen LogP contribution in [0, 0.1) is 11.8 Å². The number of ether oxygens (including phenoxy) is 1. The first-order chi connectivity index (χ1) is 7.27. The fourth-order valence-corrected chi connectivity index (χ4v) is 1.10. The zero-order valence-electron chi connectivity index (χ0n) is 8.99. The van der Waals surface area contributed by atoms with E-state index in [2.05, 4.69) is 16.9 Å². The summed E-state index contributed by atoms with van der Waals surface area (Å²) >= 11 is 0. The van der Waals surface area contributed by atoms with E-state index < -0.39 is 0 Å². The third-order valence-electron chi connectivity index (χ3n) is 1.79. The van der Waals surface area contributed by atoms with Crippen molar-refractivity contribution in [3.8, 4) is 11.8 Å². The van der Waals surface area contributed by atoms with Crippen molar-refractivity contribution in [2.24, 2.45) is 0 Å². The van der Waals surface area contributed by atoms with Gasteiger partial charge in [0, 0.05) is 12.6 Å². The molecule has 80 valence electrons. The Kier molecular flexibility index (Phi) is 4.42. The quantitative estimate of drug-likeness (QED) is 0.553. The molecule has 0 aliphatic heterocycles. The van der Waals surface area contributed by atoms with Gasteiger partial charge in [-0.05, 0) is 13.8 Å². The van der Waals surface area contributed by atoms with Crippen molar-refractivity contribution >= 4 is 5.97 Å². The largest absolute Gasteiger partial charge is 0.462 e. The number of carbonyl (C=O) groups excluding carboxylic acids is 1. The van der Waals surface area contributed by atoms with Gasteiger partial charge in [-0.1, -0.05) is 0 Å². The molecule has 0 aromatic carbocycles. The van der Waals surface area contributed by atoms with Gasteiger partial charge in [0.05, 0.1) is 24.9 Å². The van der Waals surface area contributed by atoms with Crippen molar-refractivity contribution < 1.29 is 9.53 Å². The number of hydrogen-bond acceptors (Lipinski definition) is 3. The van der Waals surface area contributed by atoms with E-state index in [9.17, 15) is 4.79 Å². The van der Waals surface area contributed by atoms with Crippen LogP contribution in [-0.4, -0.2) is 22.4 Å². The predicted octanol–water partition coefficient (Wildman–Crippen LogP) is 1.47. The van der Waals surface area contributed by atoms with E-state index in [1.807, 2.05) is 0 Å². The molecule has 4 heteroatoms. The fourth-order valence-electron chi connectivity index (χ4n) is 1.10. The minimum Gasteiger partial charge on any atom is -0.462 e. The van der Waals surface area contributed by atoms with Crippen molar-refractivity contribution in [2.75, 3.05) is 6.61 Å². The Balaban J connectivity index is 2.54. The third-order valence-corrected chi connectivity index (χ3v) is 1.79. The molecule has 0 radical (unpaired) electrons. The lowest BCUT2D eigenvalue weighted by Crippen LogP contribution is -2.03. The second-order valence-electron chi connectivity index (χ2n) is 2.89. The monoisotopic (exact) mass is 206 g/mol. The predicted molar refractivity (Wildman–Crippen MR) is 56.3 cm³/mol. The van der Waals surface area contributed by atoms with Gasteiger partial charge in [-0.3, -0.25) is 4.68 Å². The maximum absolute atomic E-state index is 11.3. The van der Waals surface area contributed by atoms with Crippen molar-refractivity contribution in [3.63, 3.8) is 0 Å². The molecule has 0 amide bonds. The highest BCUT2D eigenvalue weighted by Crippen LogP contribution is 2.01. The number of rotatable bonds is 4. The molecule has 0 saturated carbocycles. The minimum absolute atomic E-state index is 0.328. The lowest BCUT2D eigenvalue weighted by atomic mass is 10.4.